The van der Waals surface area contributed by atoms with Gasteiger partial charge in [-0.1, -0.05) is 13.8 Å². The molecule has 2 N–H and O–H groups in total. The van der Waals surface area contributed by atoms with Crippen molar-refractivity contribution in [1.29, 1.82) is 0 Å². The average Bonchev–Trinajstić information content (AvgIpc) is 2.43. The van der Waals surface area contributed by atoms with E-state index in [4.69, 9.17) is 4.74 Å². The maximum absolute atomic E-state index is 11.1. The van der Waals surface area contributed by atoms with Crippen LogP contribution >= 0.6 is 0 Å². The third-order valence-corrected chi connectivity index (χ3v) is 4.07. The highest BCUT2D eigenvalue weighted by atomic mass is 16.6. The van der Waals surface area contributed by atoms with Crippen LogP contribution in [0.25, 0.3) is 0 Å². The quantitative estimate of drug-likeness (QED) is 0.611. The van der Waals surface area contributed by atoms with Crippen LogP contribution < -0.4 is 10.6 Å². The van der Waals surface area contributed by atoms with Crippen molar-refractivity contribution in [2.45, 2.75) is 39.3 Å². The molecule has 1 aliphatic rings. The van der Waals surface area contributed by atoms with Crippen LogP contribution in [0.2, 0.25) is 0 Å². The van der Waals surface area contributed by atoms with Gasteiger partial charge in [-0.3, -0.25) is 10.1 Å². The maximum Gasteiger partial charge on any atom is 0.329 e. The van der Waals surface area contributed by atoms with Gasteiger partial charge in [0.2, 0.25) is 11.8 Å². The first-order chi connectivity index (χ1) is 9.90. The lowest BCUT2D eigenvalue weighted by Crippen LogP contribution is -2.57. The highest BCUT2D eigenvalue weighted by Crippen LogP contribution is 2.44. The summed E-state index contributed by atoms with van der Waals surface area (Å²) in [5.74, 6) is 0.629. The Hall–Kier alpha value is -1.96. The lowest BCUT2D eigenvalue weighted by molar-refractivity contribution is -0.384. The largest absolute Gasteiger partial charge is 0.381 e. The molecule has 1 aliphatic carbocycles. The SMILES string of the molecule is CCNc1ncc([N+](=O)[O-])c(NC2CC(OC)C2(C)C)n1. The zero-order chi connectivity index (χ0) is 15.6. The molecule has 8 nitrogen and oxygen atoms in total. The van der Waals surface area contributed by atoms with Crippen molar-refractivity contribution in [2.75, 3.05) is 24.3 Å². The second-order valence-electron chi connectivity index (χ2n) is 5.69. The number of hydrogen-bond acceptors (Lipinski definition) is 7. The zero-order valence-electron chi connectivity index (χ0n) is 12.7. The summed E-state index contributed by atoms with van der Waals surface area (Å²) >= 11 is 0. The van der Waals surface area contributed by atoms with Crippen LogP contribution in [-0.2, 0) is 4.74 Å². The van der Waals surface area contributed by atoms with Gasteiger partial charge < -0.3 is 15.4 Å². The van der Waals surface area contributed by atoms with E-state index in [-0.39, 0.29) is 29.1 Å². The van der Waals surface area contributed by atoms with E-state index in [2.05, 4.69) is 34.4 Å². The summed E-state index contributed by atoms with van der Waals surface area (Å²) in [6.07, 6.45) is 2.16. The molecule has 0 saturated heterocycles. The maximum atomic E-state index is 11.1. The Morgan fingerprint density at radius 1 is 1.57 bits per heavy atom. The van der Waals surface area contributed by atoms with E-state index in [1.807, 2.05) is 6.92 Å². The Labute approximate surface area is 123 Å². The Balaban J connectivity index is 2.22. The van der Waals surface area contributed by atoms with E-state index < -0.39 is 4.92 Å². The first-order valence-corrected chi connectivity index (χ1v) is 6.94. The van der Waals surface area contributed by atoms with E-state index in [1.165, 1.54) is 6.20 Å². The van der Waals surface area contributed by atoms with Crippen molar-refractivity contribution in [2.24, 2.45) is 5.41 Å². The van der Waals surface area contributed by atoms with Crippen LogP contribution in [0, 0.1) is 15.5 Å². The summed E-state index contributed by atoms with van der Waals surface area (Å²) in [5, 5.41) is 17.2. The molecule has 116 valence electrons. The van der Waals surface area contributed by atoms with Crippen molar-refractivity contribution in [3.63, 3.8) is 0 Å². The molecule has 1 heterocycles. The molecule has 1 saturated carbocycles. The van der Waals surface area contributed by atoms with Crippen molar-refractivity contribution >= 4 is 17.5 Å². The van der Waals surface area contributed by atoms with Crippen molar-refractivity contribution in [1.82, 2.24) is 9.97 Å². The van der Waals surface area contributed by atoms with Crippen LogP contribution in [0.4, 0.5) is 17.5 Å². The fourth-order valence-corrected chi connectivity index (χ4v) is 2.55. The Kier molecular flexibility index (Phi) is 4.26. The molecule has 2 atom stereocenters. The molecule has 1 aromatic rings. The number of aromatic nitrogens is 2. The summed E-state index contributed by atoms with van der Waals surface area (Å²) in [6, 6.07) is 0.0746. The standard InChI is InChI=1S/C13H21N5O3/c1-5-14-12-15-7-8(18(19)20)11(17-12)16-9-6-10(21-4)13(9,2)3/h7,9-10H,5-6H2,1-4H3,(H2,14,15,16,17). The number of methoxy groups -OCH3 is 1. The average molecular weight is 295 g/mol. The summed E-state index contributed by atoms with van der Waals surface area (Å²) in [4.78, 5) is 18.8. The first kappa shape index (κ1) is 15.4. The molecule has 0 bridgehead atoms. The van der Waals surface area contributed by atoms with Gasteiger partial charge >= 0.3 is 5.69 Å². The van der Waals surface area contributed by atoms with Gasteiger partial charge in [0.1, 0.15) is 6.20 Å². The molecule has 8 heteroatoms. The second kappa shape index (κ2) is 5.80. The number of nitrogens with zero attached hydrogens (tertiary/aromatic N) is 3. The van der Waals surface area contributed by atoms with E-state index >= 15 is 0 Å². The Bertz CT molecular complexity index is 535. The highest BCUT2D eigenvalue weighted by molar-refractivity contribution is 5.58. The van der Waals surface area contributed by atoms with Gasteiger partial charge in [-0.25, -0.2) is 4.98 Å². The highest BCUT2D eigenvalue weighted by Gasteiger charge is 2.49. The van der Waals surface area contributed by atoms with Gasteiger partial charge in [0.05, 0.1) is 11.0 Å². The second-order valence-corrected chi connectivity index (χ2v) is 5.69. The molecule has 0 amide bonds. The number of anilines is 2. The molecule has 2 unspecified atom stereocenters. The predicted octanol–water partition coefficient (Wildman–Crippen LogP) is 2.04. The lowest BCUT2D eigenvalue weighted by Gasteiger charge is -2.51. The predicted molar refractivity (Wildman–Crippen MR) is 79.5 cm³/mol. The van der Waals surface area contributed by atoms with Gasteiger partial charge in [-0.15, -0.1) is 0 Å². The van der Waals surface area contributed by atoms with E-state index in [0.29, 0.717) is 12.5 Å². The van der Waals surface area contributed by atoms with Crippen LogP contribution in [0.1, 0.15) is 27.2 Å². The molecule has 21 heavy (non-hydrogen) atoms. The number of rotatable bonds is 6. The Morgan fingerprint density at radius 3 is 2.81 bits per heavy atom. The Morgan fingerprint density at radius 2 is 2.29 bits per heavy atom. The summed E-state index contributed by atoms with van der Waals surface area (Å²) in [5.41, 5.74) is -0.223. The van der Waals surface area contributed by atoms with E-state index in [1.54, 1.807) is 7.11 Å². The monoisotopic (exact) mass is 295 g/mol. The molecule has 0 spiro atoms. The van der Waals surface area contributed by atoms with Crippen molar-refractivity contribution in [3.05, 3.63) is 16.3 Å². The number of ether oxygens (including phenoxy) is 1. The number of nitro groups is 1. The molecule has 1 aromatic heterocycles. The lowest BCUT2D eigenvalue weighted by atomic mass is 9.64. The molecule has 0 radical (unpaired) electrons. The molecular formula is C13H21N5O3. The van der Waals surface area contributed by atoms with E-state index in [0.717, 1.165) is 6.42 Å². The van der Waals surface area contributed by atoms with Gasteiger partial charge in [-0.05, 0) is 13.3 Å². The van der Waals surface area contributed by atoms with Crippen LogP contribution in [0.15, 0.2) is 6.20 Å². The normalized spacial score (nSPS) is 23.2. The van der Waals surface area contributed by atoms with Crippen LogP contribution in [-0.4, -0.2) is 40.7 Å². The molecule has 0 aromatic carbocycles. The van der Waals surface area contributed by atoms with Gasteiger partial charge in [0, 0.05) is 25.1 Å². The van der Waals surface area contributed by atoms with Crippen molar-refractivity contribution < 1.29 is 9.66 Å². The minimum Gasteiger partial charge on any atom is -0.381 e. The smallest absolute Gasteiger partial charge is 0.329 e. The third kappa shape index (κ3) is 2.90. The number of hydrogen-bond donors (Lipinski definition) is 2. The first-order valence-electron chi connectivity index (χ1n) is 6.94. The number of nitrogens with one attached hydrogen (secondary N) is 2. The molecule has 1 fully saturated rings. The molecular weight excluding hydrogens is 274 g/mol. The topological polar surface area (TPSA) is 102 Å². The van der Waals surface area contributed by atoms with E-state index in [9.17, 15) is 10.1 Å². The minimum atomic E-state index is -0.475. The van der Waals surface area contributed by atoms with Crippen LogP contribution in [0.3, 0.4) is 0 Å². The summed E-state index contributed by atoms with van der Waals surface area (Å²) in [6.45, 7) is 6.70. The summed E-state index contributed by atoms with van der Waals surface area (Å²) in [7, 11) is 1.68. The fraction of sp³-hybridized carbons (Fsp3) is 0.692. The summed E-state index contributed by atoms with van der Waals surface area (Å²) < 4.78 is 5.39. The van der Waals surface area contributed by atoms with Gasteiger partial charge in [-0.2, -0.15) is 4.98 Å². The molecule has 2 rings (SSSR count). The van der Waals surface area contributed by atoms with Gasteiger partial charge in [0.15, 0.2) is 0 Å². The molecule has 0 aliphatic heterocycles. The zero-order valence-corrected chi connectivity index (χ0v) is 12.7. The van der Waals surface area contributed by atoms with Gasteiger partial charge in [0.25, 0.3) is 0 Å². The minimum absolute atomic E-state index is 0.0746. The van der Waals surface area contributed by atoms with Crippen LogP contribution in [0.5, 0.6) is 0 Å². The van der Waals surface area contributed by atoms with Crippen molar-refractivity contribution in [3.8, 4) is 0 Å². The fourth-order valence-electron chi connectivity index (χ4n) is 2.55. The third-order valence-electron chi connectivity index (χ3n) is 4.07.